The third-order valence-electron chi connectivity index (χ3n) is 5.31. The maximum absolute atomic E-state index is 4.74. The van der Waals surface area contributed by atoms with Crippen LogP contribution in [0.15, 0.2) is 12.3 Å². The lowest BCUT2D eigenvalue weighted by molar-refractivity contribution is 0.158. The topological polar surface area (TPSA) is 33.1 Å². The van der Waals surface area contributed by atoms with Crippen molar-refractivity contribution in [1.82, 2.24) is 20.0 Å². The molecule has 2 heterocycles. The third-order valence-corrected chi connectivity index (χ3v) is 5.31. The van der Waals surface area contributed by atoms with Gasteiger partial charge in [0.1, 0.15) is 0 Å². The van der Waals surface area contributed by atoms with Crippen LogP contribution in [0.25, 0.3) is 0 Å². The van der Waals surface area contributed by atoms with Gasteiger partial charge in [-0.3, -0.25) is 9.58 Å². The summed E-state index contributed by atoms with van der Waals surface area (Å²) in [6.07, 6.45) is 8.82. The second-order valence-corrected chi connectivity index (χ2v) is 7.34. The molecule has 0 radical (unpaired) electrons. The van der Waals surface area contributed by atoms with E-state index in [0.717, 1.165) is 13.1 Å². The van der Waals surface area contributed by atoms with Crippen molar-refractivity contribution >= 4 is 0 Å². The van der Waals surface area contributed by atoms with Crippen LogP contribution < -0.4 is 5.32 Å². The summed E-state index contributed by atoms with van der Waals surface area (Å²) in [6.45, 7) is 10.1. The second kappa shape index (κ2) is 6.09. The highest BCUT2D eigenvalue weighted by molar-refractivity contribution is 5.03. The molecule has 1 saturated heterocycles. The fourth-order valence-corrected chi connectivity index (χ4v) is 3.89. The van der Waals surface area contributed by atoms with Gasteiger partial charge in [0.2, 0.25) is 0 Å². The molecule has 1 aromatic rings. The van der Waals surface area contributed by atoms with Gasteiger partial charge in [-0.15, -0.1) is 0 Å². The summed E-state index contributed by atoms with van der Waals surface area (Å²) < 4.78 is 2.07. The number of hydrogen-bond donors (Lipinski definition) is 1. The van der Waals surface area contributed by atoms with Gasteiger partial charge in [-0.05, 0) is 52.6 Å². The molecule has 4 heteroatoms. The van der Waals surface area contributed by atoms with E-state index in [1.165, 1.54) is 44.3 Å². The van der Waals surface area contributed by atoms with E-state index in [0.29, 0.717) is 17.6 Å². The number of nitrogens with zero attached hydrogens (tertiary/aromatic N) is 3. The molecule has 0 bridgehead atoms. The predicted octanol–water partition coefficient (Wildman–Crippen LogP) is 2.96. The van der Waals surface area contributed by atoms with Gasteiger partial charge >= 0.3 is 0 Å². The molecule has 4 nitrogen and oxygen atoms in total. The quantitative estimate of drug-likeness (QED) is 0.929. The van der Waals surface area contributed by atoms with Crippen molar-refractivity contribution in [3.8, 4) is 0 Å². The summed E-state index contributed by atoms with van der Waals surface area (Å²) in [6, 6.07) is 3.27. The Bertz CT molecular complexity index is 459. The molecule has 1 atom stereocenters. The van der Waals surface area contributed by atoms with Crippen molar-refractivity contribution < 1.29 is 0 Å². The van der Waals surface area contributed by atoms with E-state index in [-0.39, 0.29) is 0 Å². The molecule has 0 aromatic carbocycles. The van der Waals surface area contributed by atoms with Gasteiger partial charge in [0.15, 0.2) is 0 Å². The Morgan fingerprint density at radius 2 is 2.14 bits per heavy atom. The van der Waals surface area contributed by atoms with Gasteiger partial charge in [-0.25, -0.2) is 0 Å². The minimum absolute atomic E-state index is 0.380. The van der Waals surface area contributed by atoms with Crippen molar-refractivity contribution in [3.63, 3.8) is 0 Å². The molecule has 1 aliphatic heterocycles. The van der Waals surface area contributed by atoms with Crippen molar-refractivity contribution in [2.75, 3.05) is 13.1 Å². The Balaban J connectivity index is 1.71. The van der Waals surface area contributed by atoms with Gasteiger partial charge in [0.05, 0.1) is 5.69 Å². The average molecular weight is 290 g/mol. The van der Waals surface area contributed by atoms with Crippen molar-refractivity contribution in [1.29, 1.82) is 0 Å². The van der Waals surface area contributed by atoms with E-state index in [9.17, 15) is 0 Å². The highest BCUT2D eigenvalue weighted by atomic mass is 15.3. The monoisotopic (exact) mass is 290 g/mol. The molecule has 2 aliphatic rings. The first-order valence-corrected chi connectivity index (χ1v) is 8.61. The molecule has 1 aromatic heterocycles. The van der Waals surface area contributed by atoms with E-state index >= 15 is 0 Å². The minimum atomic E-state index is 0.380. The molecule has 1 aliphatic carbocycles. The highest BCUT2D eigenvalue weighted by Crippen LogP contribution is 2.33. The van der Waals surface area contributed by atoms with Crippen LogP contribution in [-0.2, 0) is 6.54 Å². The Labute approximate surface area is 128 Å². The van der Waals surface area contributed by atoms with Crippen LogP contribution >= 0.6 is 0 Å². The van der Waals surface area contributed by atoms with Gasteiger partial charge < -0.3 is 5.32 Å². The summed E-state index contributed by atoms with van der Waals surface area (Å²) >= 11 is 0. The summed E-state index contributed by atoms with van der Waals surface area (Å²) in [5.41, 5.74) is 1.59. The van der Waals surface area contributed by atoms with Crippen LogP contribution in [0.1, 0.15) is 64.6 Å². The molecule has 1 unspecified atom stereocenters. The molecule has 3 rings (SSSR count). The molecular formula is C17H30N4. The van der Waals surface area contributed by atoms with Crippen molar-refractivity contribution in [2.45, 2.75) is 77.0 Å². The van der Waals surface area contributed by atoms with Crippen molar-refractivity contribution in [2.24, 2.45) is 0 Å². The number of nitrogens with one attached hydrogen (secondary N) is 1. The molecular weight excluding hydrogens is 260 g/mol. The smallest absolute Gasteiger partial charge is 0.0765 e. The third kappa shape index (κ3) is 3.32. The first-order chi connectivity index (χ1) is 10.1. The summed E-state index contributed by atoms with van der Waals surface area (Å²) in [5, 5.41) is 8.60. The van der Waals surface area contributed by atoms with Crippen LogP contribution in [0.4, 0.5) is 0 Å². The molecule has 1 spiro atoms. The van der Waals surface area contributed by atoms with Crippen LogP contribution in [-0.4, -0.2) is 39.4 Å². The normalized spacial score (nSPS) is 26.6. The molecule has 118 valence electrons. The van der Waals surface area contributed by atoms with Crippen molar-refractivity contribution in [3.05, 3.63) is 18.0 Å². The first kappa shape index (κ1) is 15.0. The summed E-state index contributed by atoms with van der Waals surface area (Å²) in [7, 11) is 0. The number of aromatic nitrogens is 2. The zero-order valence-corrected chi connectivity index (χ0v) is 13.8. The lowest BCUT2D eigenvalue weighted by Gasteiger charge is -2.35. The summed E-state index contributed by atoms with van der Waals surface area (Å²) in [5.74, 6) is 0. The largest absolute Gasteiger partial charge is 0.310 e. The fraction of sp³-hybridized carbons (Fsp3) is 0.824. The number of hydrogen-bond acceptors (Lipinski definition) is 3. The van der Waals surface area contributed by atoms with E-state index in [2.05, 4.69) is 47.9 Å². The van der Waals surface area contributed by atoms with E-state index in [1.807, 2.05) is 0 Å². The van der Waals surface area contributed by atoms with Crippen LogP contribution in [0.5, 0.6) is 0 Å². The van der Waals surface area contributed by atoms with Gasteiger partial charge in [0, 0.05) is 36.9 Å². The van der Waals surface area contributed by atoms with Crippen LogP contribution in [0, 0.1) is 0 Å². The highest BCUT2D eigenvalue weighted by Gasteiger charge is 2.38. The van der Waals surface area contributed by atoms with Crippen LogP contribution in [0.3, 0.4) is 0 Å². The van der Waals surface area contributed by atoms with E-state index < -0.39 is 0 Å². The van der Waals surface area contributed by atoms with Gasteiger partial charge in [0.25, 0.3) is 0 Å². The molecule has 21 heavy (non-hydrogen) atoms. The molecule has 1 saturated carbocycles. The molecule has 2 fully saturated rings. The lowest BCUT2D eigenvalue weighted by atomic mass is 9.97. The zero-order chi connectivity index (χ0) is 14.9. The van der Waals surface area contributed by atoms with Gasteiger partial charge in [-0.2, -0.15) is 5.10 Å². The van der Waals surface area contributed by atoms with E-state index in [4.69, 9.17) is 5.10 Å². The standard InChI is InChI=1S/C17H30N4/c1-14(2)21-11-7-16(19-21)12-20-13-17(8-4-5-9-17)18-10-6-15(20)3/h7,11,14-15,18H,4-6,8-10,12-13H2,1-3H3. The Kier molecular flexibility index (Phi) is 4.36. The predicted molar refractivity (Wildman–Crippen MR) is 86.3 cm³/mol. The zero-order valence-electron chi connectivity index (χ0n) is 13.8. The maximum atomic E-state index is 4.74. The number of rotatable bonds is 3. The maximum Gasteiger partial charge on any atom is 0.0765 e. The SMILES string of the molecule is CC1CCNC2(CCCC2)CN1Cc1ccn(C(C)C)n1. The Morgan fingerprint density at radius 1 is 1.38 bits per heavy atom. The summed E-state index contributed by atoms with van der Waals surface area (Å²) in [4.78, 5) is 2.65. The lowest BCUT2D eigenvalue weighted by Crippen LogP contribution is -2.50. The van der Waals surface area contributed by atoms with Crippen LogP contribution in [0.2, 0.25) is 0 Å². The molecule has 0 amide bonds. The fourth-order valence-electron chi connectivity index (χ4n) is 3.89. The Morgan fingerprint density at radius 3 is 2.81 bits per heavy atom. The first-order valence-electron chi connectivity index (χ1n) is 8.61. The van der Waals surface area contributed by atoms with E-state index in [1.54, 1.807) is 0 Å². The minimum Gasteiger partial charge on any atom is -0.310 e. The average Bonchev–Trinajstić information content (AvgIpc) is 3.04. The van der Waals surface area contributed by atoms with Gasteiger partial charge in [-0.1, -0.05) is 12.8 Å². The molecule has 1 N–H and O–H groups in total. The Hall–Kier alpha value is -0.870. The second-order valence-electron chi connectivity index (χ2n) is 7.34.